The van der Waals surface area contributed by atoms with E-state index in [4.69, 9.17) is 4.74 Å². The number of ether oxygens (including phenoxy) is 1. The van der Waals surface area contributed by atoms with Crippen molar-refractivity contribution in [3.8, 4) is 0 Å². The van der Waals surface area contributed by atoms with Gasteiger partial charge in [-0.1, -0.05) is 0 Å². The number of aryl methyl sites for hydroxylation is 1. The third kappa shape index (κ3) is 2.77. The molecule has 6 heteroatoms. The molecule has 1 saturated heterocycles. The quantitative estimate of drug-likeness (QED) is 0.850. The van der Waals surface area contributed by atoms with Crippen LogP contribution in [0.15, 0.2) is 6.20 Å². The summed E-state index contributed by atoms with van der Waals surface area (Å²) in [6.45, 7) is 6.52. The van der Waals surface area contributed by atoms with E-state index in [1.807, 2.05) is 34.6 Å². The molecule has 2 amide bonds. The molecule has 1 atom stereocenters. The average molecular weight is 292 g/mol. The van der Waals surface area contributed by atoms with Crippen LogP contribution >= 0.6 is 0 Å². The zero-order valence-electron chi connectivity index (χ0n) is 12.9. The number of rotatable bonds is 3. The largest absolute Gasteiger partial charge is 0.381 e. The monoisotopic (exact) mass is 292 g/mol. The van der Waals surface area contributed by atoms with Crippen LogP contribution in [0, 0.1) is 0 Å². The van der Waals surface area contributed by atoms with Crippen molar-refractivity contribution in [3.05, 3.63) is 17.5 Å². The number of carbonyl (C=O) groups is 1. The molecule has 0 saturated carbocycles. The van der Waals surface area contributed by atoms with Crippen molar-refractivity contribution < 1.29 is 9.53 Å². The van der Waals surface area contributed by atoms with Crippen LogP contribution in [0.2, 0.25) is 0 Å². The minimum absolute atomic E-state index is 0.170. The number of amides is 2. The molecule has 2 aliphatic rings. The van der Waals surface area contributed by atoms with E-state index in [1.54, 1.807) is 0 Å². The molecule has 0 spiro atoms. The van der Waals surface area contributed by atoms with Crippen molar-refractivity contribution in [1.29, 1.82) is 0 Å². The van der Waals surface area contributed by atoms with E-state index >= 15 is 0 Å². The second kappa shape index (κ2) is 6.05. The fourth-order valence-corrected chi connectivity index (χ4v) is 3.41. The third-order valence-electron chi connectivity index (χ3n) is 4.42. The lowest BCUT2D eigenvalue weighted by Crippen LogP contribution is -2.46. The van der Waals surface area contributed by atoms with E-state index in [0.29, 0.717) is 19.8 Å². The molecular weight excluding hydrogens is 268 g/mol. The molecule has 21 heavy (non-hydrogen) atoms. The van der Waals surface area contributed by atoms with Gasteiger partial charge in [0.15, 0.2) is 0 Å². The van der Waals surface area contributed by atoms with Gasteiger partial charge in [0.2, 0.25) is 0 Å². The second-order valence-electron chi connectivity index (χ2n) is 5.89. The van der Waals surface area contributed by atoms with Gasteiger partial charge in [-0.2, -0.15) is 5.10 Å². The van der Waals surface area contributed by atoms with Gasteiger partial charge in [0, 0.05) is 44.8 Å². The minimum Gasteiger partial charge on any atom is -0.381 e. The molecule has 6 nitrogen and oxygen atoms in total. The van der Waals surface area contributed by atoms with E-state index in [9.17, 15) is 4.79 Å². The molecule has 0 N–H and O–H groups in total. The first-order valence-corrected chi connectivity index (χ1v) is 7.83. The highest BCUT2D eigenvalue weighted by molar-refractivity contribution is 5.75. The van der Waals surface area contributed by atoms with Crippen LogP contribution in [0.4, 0.5) is 4.79 Å². The summed E-state index contributed by atoms with van der Waals surface area (Å²) in [6, 6.07) is 0.170. The molecule has 1 fully saturated rings. The highest BCUT2D eigenvalue weighted by Gasteiger charge is 2.33. The van der Waals surface area contributed by atoms with E-state index in [2.05, 4.69) is 5.10 Å². The summed E-state index contributed by atoms with van der Waals surface area (Å²) in [5.74, 6) is 0.216. The van der Waals surface area contributed by atoms with Crippen molar-refractivity contribution in [2.75, 3.05) is 32.8 Å². The number of hydrogen-bond acceptors (Lipinski definition) is 3. The molecule has 0 aliphatic carbocycles. The van der Waals surface area contributed by atoms with Crippen LogP contribution in [0.5, 0.6) is 0 Å². The first-order valence-electron chi connectivity index (χ1n) is 7.83. The maximum Gasteiger partial charge on any atom is 0.320 e. The van der Waals surface area contributed by atoms with Gasteiger partial charge in [0.1, 0.15) is 0 Å². The van der Waals surface area contributed by atoms with Crippen LogP contribution in [0.25, 0.3) is 0 Å². The van der Waals surface area contributed by atoms with Crippen LogP contribution in [-0.4, -0.2) is 58.5 Å². The fourth-order valence-electron chi connectivity index (χ4n) is 3.41. The number of urea groups is 1. The van der Waals surface area contributed by atoms with Gasteiger partial charge in [0.25, 0.3) is 0 Å². The van der Waals surface area contributed by atoms with Gasteiger partial charge in [-0.05, 0) is 19.8 Å². The summed E-state index contributed by atoms with van der Waals surface area (Å²) < 4.78 is 7.54. The summed E-state index contributed by atoms with van der Waals surface area (Å²) in [6.07, 6.45) is 4.14. The molecule has 116 valence electrons. The molecule has 1 aromatic heterocycles. The zero-order valence-corrected chi connectivity index (χ0v) is 12.9. The lowest BCUT2D eigenvalue weighted by molar-refractivity contribution is 0.102. The third-order valence-corrected chi connectivity index (χ3v) is 4.42. The Morgan fingerprint density at radius 2 is 2.14 bits per heavy atom. The maximum absolute atomic E-state index is 12.6. The van der Waals surface area contributed by atoms with E-state index in [-0.39, 0.29) is 11.9 Å². The molecule has 0 bridgehead atoms. The summed E-state index contributed by atoms with van der Waals surface area (Å²) >= 11 is 0. The molecule has 0 radical (unpaired) electrons. The van der Waals surface area contributed by atoms with Crippen molar-refractivity contribution in [2.45, 2.75) is 32.2 Å². The molecule has 3 rings (SSSR count). The maximum atomic E-state index is 12.6. The fraction of sp³-hybridized carbons (Fsp3) is 0.733. The molecule has 0 aromatic carbocycles. The number of hydrogen-bond donors (Lipinski definition) is 0. The van der Waals surface area contributed by atoms with Gasteiger partial charge in [-0.3, -0.25) is 4.68 Å². The van der Waals surface area contributed by atoms with Gasteiger partial charge < -0.3 is 14.5 Å². The standard InChI is InChI=1S/C15H24N4O2/c1-3-21-11-13-10-19(15(20)18-6-4-5-7-18)9-12-8-16-17(2)14(12)13/h8,13H,3-7,9-11H2,1-2H3/t13-/m0/s1. The summed E-state index contributed by atoms with van der Waals surface area (Å²) in [4.78, 5) is 16.5. The van der Waals surface area contributed by atoms with E-state index in [1.165, 1.54) is 5.69 Å². The Bertz CT molecular complexity index is 508. The average Bonchev–Trinajstić information content (AvgIpc) is 3.14. The smallest absolute Gasteiger partial charge is 0.320 e. The predicted octanol–water partition coefficient (Wildman–Crippen LogP) is 1.57. The zero-order chi connectivity index (χ0) is 14.8. The Morgan fingerprint density at radius 3 is 2.86 bits per heavy atom. The highest BCUT2D eigenvalue weighted by atomic mass is 16.5. The molecule has 2 aliphatic heterocycles. The molecule has 1 aromatic rings. The van der Waals surface area contributed by atoms with Crippen molar-refractivity contribution in [2.24, 2.45) is 7.05 Å². The summed E-state index contributed by atoms with van der Waals surface area (Å²) in [7, 11) is 1.97. The highest BCUT2D eigenvalue weighted by Crippen LogP contribution is 2.29. The van der Waals surface area contributed by atoms with Gasteiger partial charge in [-0.15, -0.1) is 0 Å². The van der Waals surface area contributed by atoms with Gasteiger partial charge in [-0.25, -0.2) is 4.79 Å². The lowest BCUT2D eigenvalue weighted by Gasteiger charge is -2.35. The summed E-state index contributed by atoms with van der Waals surface area (Å²) in [5, 5.41) is 4.36. The minimum atomic E-state index is 0.170. The molecular formula is C15H24N4O2. The van der Waals surface area contributed by atoms with Crippen molar-refractivity contribution in [1.82, 2.24) is 19.6 Å². The number of likely N-dealkylation sites (tertiary alicyclic amines) is 1. The van der Waals surface area contributed by atoms with Crippen LogP contribution < -0.4 is 0 Å². The second-order valence-corrected chi connectivity index (χ2v) is 5.89. The predicted molar refractivity (Wildman–Crippen MR) is 79.1 cm³/mol. The number of carbonyl (C=O) groups excluding carboxylic acids is 1. The van der Waals surface area contributed by atoms with E-state index < -0.39 is 0 Å². The van der Waals surface area contributed by atoms with Crippen LogP contribution in [0.1, 0.15) is 36.9 Å². The number of aromatic nitrogens is 2. The molecule has 3 heterocycles. The number of nitrogens with zero attached hydrogens (tertiary/aromatic N) is 4. The summed E-state index contributed by atoms with van der Waals surface area (Å²) in [5.41, 5.74) is 2.37. The van der Waals surface area contributed by atoms with Crippen LogP contribution in [-0.2, 0) is 18.3 Å². The Morgan fingerprint density at radius 1 is 1.38 bits per heavy atom. The number of fused-ring (bicyclic) bond motifs is 1. The topological polar surface area (TPSA) is 50.6 Å². The van der Waals surface area contributed by atoms with Crippen LogP contribution in [0.3, 0.4) is 0 Å². The first kappa shape index (κ1) is 14.4. The molecule has 0 unspecified atom stereocenters. The Labute approximate surface area is 125 Å². The Hall–Kier alpha value is -1.56. The van der Waals surface area contributed by atoms with E-state index in [0.717, 1.165) is 38.0 Å². The van der Waals surface area contributed by atoms with Crippen molar-refractivity contribution >= 4 is 6.03 Å². The van der Waals surface area contributed by atoms with Gasteiger partial charge >= 0.3 is 6.03 Å². The first-order chi connectivity index (χ1) is 10.2. The van der Waals surface area contributed by atoms with Crippen molar-refractivity contribution in [3.63, 3.8) is 0 Å². The SMILES string of the molecule is CCOC[C@@H]1CN(C(=O)N2CCCC2)Cc2cnn(C)c21. The lowest BCUT2D eigenvalue weighted by atomic mass is 9.97. The normalized spacial score (nSPS) is 21.7. The Balaban J connectivity index is 1.78. The Kier molecular flexibility index (Phi) is 4.14. The van der Waals surface area contributed by atoms with Gasteiger partial charge in [0.05, 0.1) is 25.0 Å².